The number of anilines is 1. The van der Waals surface area contributed by atoms with E-state index in [0.29, 0.717) is 23.7 Å². The normalized spacial score (nSPS) is 10.0. The molecule has 2 aromatic carbocycles. The summed E-state index contributed by atoms with van der Waals surface area (Å²) >= 11 is 0.666. The van der Waals surface area contributed by atoms with Gasteiger partial charge in [0.25, 0.3) is 0 Å². The van der Waals surface area contributed by atoms with E-state index < -0.39 is 16.9 Å². The van der Waals surface area contributed by atoms with E-state index in [0.717, 1.165) is 12.1 Å². The lowest BCUT2D eigenvalue weighted by atomic mass is 10.3. The fraction of sp³-hybridized carbons (Fsp3) is 0. The van der Waals surface area contributed by atoms with Gasteiger partial charge in [0.2, 0.25) is 0 Å². The van der Waals surface area contributed by atoms with Crippen LogP contribution in [0.15, 0.2) is 48.5 Å². The minimum Gasteiger partial charge on any atom is -0.414 e. The van der Waals surface area contributed by atoms with Gasteiger partial charge >= 0.3 is 5.30 Å². The van der Waals surface area contributed by atoms with Gasteiger partial charge in [-0.2, -0.15) is 0 Å². The highest BCUT2D eigenvalue weighted by molar-refractivity contribution is 8.14. The molecular weight excluding hydrogens is 272 g/mol. The lowest BCUT2D eigenvalue weighted by molar-refractivity contribution is 0.225. The van der Waals surface area contributed by atoms with Crippen LogP contribution in [0.4, 0.5) is 19.3 Å². The summed E-state index contributed by atoms with van der Waals surface area (Å²) < 4.78 is 33.4. The highest BCUT2D eigenvalue weighted by atomic mass is 32.2. The Morgan fingerprint density at radius 3 is 2.53 bits per heavy atom. The van der Waals surface area contributed by atoms with Crippen molar-refractivity contribution in [1.29, 1.82) is 0 Å². The summed E-state index contributed by atoms with van der Waals surface area (Å²) in [7, 11) is 0. The second-order valence-corrected chi connectivity index (χ2v) is 4.24. The van der Waals surface area contributed by atoms with Gasteiger partial charge in [-0.3, -0.25) is 0 Å². The number of nitrogens with one attached hydrogen (secondary N) is 1. The molecule has 0 unspecified atom stereocenters. The molecule has 0 fully saturated rings. The molecule has 0 saturated heterocycles. The number of benzene rings is 2. The Bertz CT molecular complexity index is 578. The van der Waals surface area contributed by atoms with Crippen molar-refractivity contribution in [2.45, 2.75) is 0 Å². The van der Waals surface area contributed by atoms with Crippen LogP contribution in [0.1, 0.15) is 0 Å². The van der Waals surface area contributed by atoms with Crippen LogP contribution in [0, 0.1) is 11.6 Å². The monoisotopic (exact) mass is 281 g/mol. The molecule has 0 aliphatic rings. The second kappa shape index (κ2) is 6.19. The van der Waals surface area contributed by atoms with E-state index in [1.807, 2.05) is 6.07 Å². The molecule has 98 valence electrons. The molecule has 1 N–H and O–H groups in total. The fourth-order valence-corrected chi connectivity index (χ4v) is 1.74. The van der Waals surface area contributed by atoms with Crippen LogP contribution in [-0.2, 0) is 0 Å². The zero-order valence-electron chi connectivity index (χ0n) is 9.60. The van der Waals surface area contributed by atoms with Crippen LogP contribution < -0.4 is 9.46 Å². The zero-order valence-corrected chi connectivity index (χ0v) is 10.4. The van der Waals surface area contributed by atoms with Crippen molar-refractivity contribution in [3.05, 3.63) is 60.2 Å². The summed E-state index contributed by atoms with van der Waals surface area (Å²) in [5, 5.41) is -0.741. The molecule has 0 spiro atoms. The van der Waals surface area contributed by atoms with Gasteiger partial charge in [-0.1, -0.05) is 18.2 Å². The van der Waals surface area contributed by atoms with E-state index in [4.69, 9.17) is 4.74 Å². The number of hydrogen-bond acceptors (Lipinski definition) is 4. The molecule has 0 saturated carbocycles. The Kier molecular flexibility index (Phi) is 4.35. The summed E-state index contributed by atoms with van der Waals surface area (Å²) in [4.78, 5) is 11.4. The third-order valence-corrected chi connectivity index (χ3v) is 2.70. The van der Waals surface area contributed by atoms with Crippen molar-refractivity contribution in [1.82, 2.24) is 0 Å². The molecule has 0 atom stereocenters. The third kappa shape index (κ3) is 3.96. The number of para-hydroxylation sites is 1. The van der Waals surface area contributed by atoms with Crippen LogP contribution in [-0.4, -0.2) is 5.30 Å². The maximum absolute atomic E-state index is 13.2. The van der Waals surface area contributed by atoms with E-state index in [9.17, 15) is 13.6 Å². The third-order valence-electron chi connectivity index (χ3n) is 2.11. The minimum atomic E-state index is -0.923. The molecule has 3 nitrogen and oxygen atoms in total. The molecule has 0 heterocycles. The Hall–Kier alpha value is -2.08. The van der Waals surface area contributed by atoms with Crippen LogP contribution >= 0.6 is 11.9 Å². The average molecular weight is 281 g/mol. The quantitative estimate of drug-likeness (QED) is 0.675. The zero-order chi connectivity index (χ0) is 13.7. The van der Waals surface area contributed by atoms with Crippen molar-refractivity contribution in [2.75, 3.05) is 4.72 Å². The molecular formula is C13H9F2NO2S. The molecule has 0 amide bonds. The summed E-state index contributed by atoms with van der Waals surface area (Å²) in [5.41, 5.74) is 0.712. The fourth-order valence-electron chi connectivity index (χ4n) is 1.28. The number of halogens is 2. The maximum atomic E-state index is 13.2. The molecule has 6 heteroatoms. The SMILES string of the molecule is O=C(Oc1ccc(F)cc1F)SNc1ccccc1. The van der Waals surface area contributed by atoms with Gasteiger partial charge in [0.1, 0.15) is 5.82 Å². The predicted octanol–water partition coefficient (Wildman–Crippen LogP) is 4.22. The summed E-state index contributed by atoms with van der Waals surface area (Å²) in [6.07, 6.45) is 0. The van der Waals surface area contributed by atoms with Gasteiger partial charge in [0, 0.05) is 11.8 Å². The molecule has 2 rings (SSSR count). The van der Waals surface area contributed by atoms with E-state index in [1.54, 1.807) is 24.3 Å². The van der Waals surface area contributed by atoms with Gasteiger partial charge < -0.3 is 9.46 Å². The predicted molar refractivity (Wildman–Crippen MR) is 70.0 cm³/mol. The standard InChI is InChI=1S/C13H9F2NO2S/c14-9-6-7-12(11(15)8-9)18-13(17)19-16-10-4-2-1-3-5-10/h1-8,16H. The lowest BCUT2D eigenvalue weighted by Gasteiger charge is -2.06. The van der Waals surface area contributed by atoms with Crippen LogP contribution in [0.2, 0.25) is 0 Å². The summed E-state index contributed by atoms with van der Waals surface area (Å²) in [6.45, 7) is 0. The molecule has 0 bridgehead atoms. The number of rotatable bonds is 3. The largest absolute Gasteiger partial charge is 0.414 e. The Morgan fingerprint density at radius 1 is 1.11 bits per heavy atom. The number of ether oxygens (including phenoxy) is 1. The number of carbonyl (C=O) groups excluding carboxylic acids is 1. The highest BCUT2D eigenvalue weighted by Gasteiger charge is 2.11. The van der Waals surface area contributed by atoms with Crippen molar-refractivity contribution in [2.24, 2.45) is 0 Å². The first-order chi connectivity index (χ1) is 9.15. The number of carbonyl (C=O) groups is 1. The summed E-state index contributed by atoms with van der Waals surface area (Å²) in [6, 6.07) is 11.7. The molecule has 0 aromatic heterocycles. The molecule has 0 aliphatic carbocycles. The maximum Gasteiger partial charge on any atom is 0.393 e. The van der Waals surface area contributed by atoms with Crippen LogP contribution in [0.5, 0.6) is 5.75 Å². The first-order valence-electron chi connectivity index (χ1n) is 5.30. The van der Waals surface area contributed by atoms with Gasteiger partial charge in [-0.15, -0.1) is 0 Å². The van der Waals surface area contributed by atoms with E-state index in [2.05, 4.69) is 4.72 Å². The first kappa shape index (κ1) is 13.4. The van der Waals surface area contributed by atoms with Crippen molar-refractivity contribution >= 4 is 22.9 Å². The van der Waals surface area contributed by atoms with Gasteiger partial charge in [-0.05, 0) is 24.3 Å². The van der Waals surface area contributed by atoms with Crippen molar-refractivity contribution in [3.63, 3.8) is 0 Å². The first-order valence-corrected chi connectivity index (χ1v) is 6.11. The minimum absolute atomic E-state index is 0.311. The Balaban J connectivity index is 1.91. The van der Waals surface area contributed by atoms with Crippen LogP contribution in [0.3, 0.4) is 0 Å². The molecule has 2 aromatic rings. The van der Waals surface area contributed by atoms with Gasteiger partial charge in [0.15, 0.2) is 11.6 Å². The van der Waals surface area contributed by atoms with Gasteiger partial charge in [-0.25, -0.2) is 13.6 Å². The average Bonchev–Trinajstić information content (AvgIpc) is 2.41. The van der Waals surface area contributed by atoms with Crippen LogP contribution in [0.25, 0.3) is 0 Å². The second-order valence-electron chi connectivity index (χ2n) is 3.50. The highest BCUT2D eigenvalue weighted by Crippen LogP contribution is 2.21. The smallest absolute Gasteiger partial charge is 0.393 e. The molecule has 19 heavy (non-hydrogen) atoms. The Morgan fingerprint density at radius 2 is 1.84 bits per heavy atom. The topological polar surface area (TPSA) is 38.3 Å². The van der Waals surface area contributed by atoms with E-state index in [1.165, 1.54) is 0 Å². The number of hydrogen-bond donors (Lipinski definition) is 1. The summed E-state index contributed by atoms with van der Waals surface area (Å²) in [5.74, 6) is -1.96. The molecule has 0 aliphatic heterocycles. The Labute approximate surface area is 112 Å². The van der Waals surface area contributed by atoms with Crippen molar-refractivity contribution in [3.8, 4) is 5.75 Å². The van der Waals surface area contributed by atoms with E-state index >= 15 is 0 Å². The lowest BCUT2D eigenvalue weighted by Crippen LogP contribution is -2.05. The van der Waals surface area contributed by atoms with E-state index in [-0.39, 0.29) is 5.75 Å². The van der Waals surface area contributed by atoms with Gasteiger partial charge in [0.05, 0.1) is 11.9 Å². The van der Waals surface area contributed by atoms with Crippen molar-refractivity contribution < 1.29 is 18.3 Å². The molecule has 0 radical (unpaired) electrons.